The summed E-state index contributed by atoms with van der Waals surface area (Å²) in [5.74, 6) is 1.12. The summed E-state index contributed by atoms with van der Waals surface area (Å²) in [6, 6.07) is 12.6. The van der Waals surface area contributed by atoms with Crippen molar-refractivity contribution in [3.8, 4) is 0 Å². The molecular formula is C19H21FN6O2S. The molecule has 3 rings (SSSR count). The summed E-state index contributed by atoms with van der Waals surface area (Å²) in [4.78, 5) is 4.24. The van der Waals surface area contributed by atoms with Gasteiger partial charge in [0.25, 0.3) is 0 Å². The lowest BCUT2D eigenvalue weighted by Gasteiger charge is -2.09. The molecule has 0 spiro atoms. The van der Waals surface area contributed by atoms with Crippen molar-refractivity contribution in [1.82, 2.24) is 19.9 Å². The fraction of sp³-hybridized carbons (Fsp3) is 0.211. The standard InChI is InChI=1S/C19H21FN6O2S/c1-14-2-7-17(22-12-14)24-19-9-8-18(25-26-19)21-10-11-23-29(27,28)13-15-3-5-16(20)6-4-15/h2-9,12,23H,10-11,13H2,1H3,(H,21,25)(H,22,24,26). The van der Waals surface area contributed by atoms with Crippen molar-refractivity contribution in [2.24, 2.45) is 0 Å². The minimum Gasteiger partial charge on any atom is -0.367 e. The largest absolute Gasteiger partial charge is 0.367 e. The van der Waals surface area contributed by atoms with Crippen molar-refractivity contribution in [3.05, 3.63) is 71.7 Å². The molecule has 8 nitrogen and oxygen atoms in total. The summed E-state index contributed by atoms with van der Waals surface area (Å²) in [5.41, 5.74) is 1.58. The Balaban J connectivity index is 1.43. The Labute approximate surface area is 168 Å². The SMILES string of the molecule is Cc1ccc(Nc2ccc(NCCNS(=O)(=O)Cc3ccc(F)cc3)nn2)nc1. The van der Waals surface area contributed by atoms with Gasteiger partial charge < -0.3 is 10.6 Å². The molecule has 0 aliphatic carbocycles. The molecule has 0 saturated carbocycles. The predicted octanol–water partition coefficient (Wildman–Crippen LogP) is 2.59. The van der Waals surface area contributed by atoms with Crippen molar-refractivity contribution in [2.75, 3.05) is 23.7 Å². The molecule has 152 valence electrons. The van der Waals surface area contributed by atoms with E-state index in [-0.39, 0.29) is 12.3 Å². The van der Waals surface area contributed by atoms with Crippen molar-refractivity contribution in [1.29, 1.82) is 0 Å². The summed E-state index contributed by atoms with van der Waals surface area (Å²) in [5, 5.41) is 14.1. The third kappa shape index (κ3) is 6.77. The Kier molecular flexibility index (Phi) is 6.68. The van der Waals surface area contributed by atoms with Crippen LogP contribution in [0.4, 0.5) is 21.8 Å². The molecule has 0 aliphatic rings. The number of pyridine rings is 1. The molecule has 3 N–H and O–H groups in total. The number of nitrogens with zero attached hydrogens (tertiary/aromatic N) is 3. The molecule has 0 bridgehead atoms. The van der Waals surface area contributed by atoms with Crippen LogP contribution in [-0.2, 0) is 15.8 Å². The number of hydrogen-bond donors (Lipinski definition) is 3. The first-order valence-electron chi connectivity index (χ1n) is 8.89. The van der Waals surface area contributed by atoms with E-state index < -0.39 is 15.8 Å². The second kappa shape index (κ2) is 9.39. The Hall–Kier alpha value is -3.11. The van der Waals surface area contributed by atoms with E-state index in [2.05, 4.69) is 30.5 Å². The molecule has 0 fully saturated rings. The van der Waals surface area contributed by atoms with E-state index in [1.165, 1.54) is 24.3 Å². The summed E-state index contributed by atoms with van der Waals surface area (Å²) < 4.78 is 39.5. The quantitative estimate of drug-likeness (QED) is 0.460. The molecule has 0 unspecified atom stereocenters. The highest BCUT2D eigenvalue weighted by molar-refractivity contribution is 7.88. The summed E-state index contributed by atoms with van der Waals surface area (Å²) in [7, 11) is -3.51. The number of benzene rings is 1. The van der Waals surface area contributed by atoms with Crippen molar-refractivity contribution < 1.29 is 12.8 Å². The Morgan fingerprint density at radius 3 is 2.24 bits per heavy atom. The Morgan fingerprint density at radius 2 is 1.59 bits per heavy atom. The topological polar surface area (TPSA) is 109 Å². The van der Waals surface area contributed by atoms with Gasteiger partial charge in [-0.25, -0.2) is 22.5 Å². The van der Waals surface area contributed by atoms with E-state index in [4.69, 9.17) is 0 Å². The van der Waals surface area contributed by atoms with Gasteiger partial charge in [0.1, 0.15) is 17.5 Å². The molecule has 0 atom stereocenters. The fourth-order valence-electron chi connectivity index (χ4n) is 2.41. The molecule has 1 aromatic carbocycles. The van der Waals surface area contributed by atoms with E-state index in [1.54, 1.807) is 18.3 Å². The first-order chi connectivity index (χ1) is 13.9. The van der Waals surface area contributed by atoms with Crippen LogP contribution >= 0.6 is 0 Å². The number of aryl methyl sites for hydroxylation is 1. The monoisotopic (exact) mass is 416 g/mol. The van der Waals surface area contributed by atoms with Gasteiger partial charge in [-0.2, -0.15) is 0 Å². The lowest BCUT2D eigenvalue weighted by atomic mass is 10.2. The third-order valence-electron chi connectivity index (χ3n) is 3.86. The average molecular weight is 416 g/mol. The number of anilines is 3. The first kappa shape index (κ1) is 20.6. The van der Waals surface area contributed by atoms with Gasteiger partial charge in [-0.3, -0.25) is 0 Å². The van der Waals surface area contributed by atoms with Crippen LogP contribution < -0.4 is 15.4 Å². The maximum absolute atomic E-state index is 12.9. The molecule has 0 aliphatic heterocycles. The zero-order chi connectivity index (χ0) is 20.7. The van der Waals surface area contributed by atoms with Crippen molar-refractivity contribution in [2.45, 2.75) is 12.7 Å². The number of hydrogen-bond acceptors (Lipinski definition) is 7. The van der Waals surface area contributed by atoms with Gasteiger partial charge in [-0.1, -0.05) is 18.2 Å². The van der Waals surface area contributed by atoms with Gasteiger partial charge in [0.2, 0.25) is 10.0 Å². The van der Waals surface area contributed by atoms with Crippen LogP contribution in [0.2, 0.25) is 0 Å². The Bertz CT molecular complexity index is 1030. The fourth-order valence-corrected chi connectivity index (χ4v) is 3.56. The number of sulfonamides is 1. The first-order valence-corrected chi connectivity index (χ1v) is 10.5. The van der Waals surface area contributed by atoms with E-state index in [9.17, 15) is 12.8 Å². The van der Waals surface area contributed by atoms with Crippen molar-refractivity contribution >= 4 is 27.5 Å². The molecule has 0 radical (unpaired) electrons. The third-order valence-corrected chi connectivity index (χ3v) is 5.21. The van der Waals surface area contributed by atoms with Gasteiger partial charge in [0.05, 0.1) is 5.75 Å². The second-order valence-electron chi connectivity index (χ2n) is 6.36. The van der Waals surface area contributed by atoms with E-state index in [0.717, 1.165) is 5.56 Å². The van der Waals surface area contributed by atoms with Crippen LogP contribution in [0, 0.1) is 12.7 Å². The van der Waals surface area contributed by atoms with Gasteiger partial charge in [-0.15, -0.1) is 10.2 Å². The van der Waals surface area contributed by atoms with Crippen LogP contribution in [0.15, 0.2) is 54.7 Å². The molecular weight excluding hydrogens is 395 g/mol. The zero-order valence-electron chi connectivity index (χ0n) is 15.8. The molecule has 0 amide bonds. The minimum absolute atomic E-state index is 0.179. The van der Waals surface area contributed by atoms with Crippen LogP contribution in [0.1, 0.15) is 11.1 Å². The maximum Gasteiger partial charge on any atom is 0.215 e. The number of rotatable bonds is 9. The minimum atomic E-state index is -3.51. The molecule has 10 heteroatoms. The van der Waals surface area contributed by atoms with Crippen LogP contribution in [-0.4, -0.2) is 36.7 Å². The normalized spacial score (nSPS) is 11.2. The predicted molar refractivity (Wildman–Crippen MR) is 110 cm³/mol. The zero-order valence-corrected chi connectivity index (χ0v) is 16.6. The number of aromatic nitrogens is 3. The van der Waals surface area contributed by atoms with E-state index in [0.29, 0.717) is 29.6 Å². The van der Waals surface area contributed by atoms with Gasteiger partial charge in [0, 0.05) is 19.3 Å². The van der Waals surface area contributed by atoms with E-state index >= 15 is 0 Å². The Morgan fingerprint density at radius 1 is 0.897 bits per heavy atom. The van der Waals surface area contributed by atoms with Gasteiger partial charge in [0.15, 0.2) is 5.82 Å². The smallest absolute Gasteiger partial charge is 0.215 e. The molecule has 29 heavy (non-hydrogen) atoms. The second-order valence-corrected chi connectivity index (χ2v) is 8.16. The van der Waals surface area contributed by atoms with Crippen molar-refractivity contribution in [3.63, 3.8) is 0 Å². The summed E-state index contributed by atoms with van der Waals surface area (Å²) in [6.07, 6.45) is 1.75. The van der Waals surface area contributed by atoms with E-state index in [1.807, 2.05) is 19.1 Å². The highest BCUT2D eigenvalue weighted by Crippen LogP contribution is 2.12. The highest BCUT2D eigenvalue weighted by Gasteiger charge is 2.11. The average Bonchev–Trinajstić information content (AvgIpc) is 2.70. The summed E-state index contributed by atoms with van der Waals surface area (Å²) in [6.45, 7) is 2.47. The molecule has 3 aromatic rings. The molecule has 2 heterocycles. The van der Waals surface area contributed by atoms with Gasteiger partial charge >= 0.3 is 0 Å². The number of halogens is 1. The maximum atomic E-state index is 12.9. The lowest BCUT2D eigenvalue weighted by molar-refractivity contribution is 0.581. The van der Waals surface area contributed by atoms with Crippen LogP contribution in [0.5, 0.6) is 0 Å². The highest BCUT2D eigenvalue weighted by atomic mass is 32.2. The molecule has 2 aromatic heterocycles. The van der Waals surface area contributed by atoms with Crippen LogP contribution in [0.25, 0.3) is 0 Å². The lowest BCUT2D eigenvalue weighted by Crippen LogP contribution is -2.30. The summed E-state index contributed by atoms with van der Waals surface area (Å²) >= 11 is 0. The molecule has 0 saturated heterocycles. The van der Waals surface area contributed by atoms with Gasteiger partial charge in [-0.05, 0) is 48.4 Å². The van der Waals surface area contributed by atoms with Crippen LogP contribution in [0.3, 0.4) is 0 Å². The number of nitrogens with one attached hydrogen (secondary N) is 3.